The maximum atomic E-state index is 15.0. The molecular formula is C52H78O24. The Balaban J connectivity index is 1.14. The largest absolute Gasteiger partial charge is 0.507 e. The van der Waals surface area contributed by atoms with Crippen molar-refractivity contribution in [3.05, 3.63) is 28.8 Å². The van der Waals surface area contributed by atoms with Crippen LogP contribution in [0.1, 0.15) is 108 Å². The number of fused-ring (bicyclic) bond motifs is 2. The number of phenols is 2. The van der Waals surface area contributed by atoms with Crippen molar-refractivity contribution in [1.82, 2.24) is 0 Å². The molecule has 24 heteroatoms. The van der Waals surface area contributed by atoms with Crippen LogP contribution in [0.2, 0.25) is 0 Å². The number of aliphatic hydroxyl groups is 10. The lowest BCUT2D eigenvalue weighted by Crippen LogP contribution is -2.56. The highest BCUT2D eigenvalue weighted by atomic mass is 16.7. The smallest absolute Gasteiger partial charge is 0.202 e. The van der Waals surface area contributed by atoms with Crippen molar-refractivity contribution in [2.45, 2.75) is 241 Å². The molecule has 2 aromatic carbocycles. The number of phenolic OH excluding ortho intramolecular Hbond substituents is 2. The van der Waals surface area contributed by atoms with E-state index in [-0.39, 0.29) is 78.2 Å². The van der Waals surface area contributed by atoms with Gasteiger partial charge in [-0.05, 0) is 84.4 Å². The zero-order valence-electron chi connectivity index (χ0n) is 44.1. The lowest BCUT2D eigenvalue weighted by molar-refractivity contribution is -0.304. The van der Waals surface area contributed by atoms with E-state index < -0.39 is 170 Å². The van der Waals surface area contributed by atoms with Gasteiger partial charge in [0.1, 0.15) is 60.0 Å². The van der Waals surface area contributed by atoms with E-state index >= 15 is 0 Å². The molecule has 5 aliphatic rings. The minimum absolute atomic E-state index is 0.0444. The Morgan fingerprint density at radius 2 is 1.38 bits per heavy atom. The SMILES string of the molecule is CC[C@H](O)[C@H](C[C@@H](O)O[C@@H]1C[C@H](O[C@@H]2C(=O)c3c(cc4cc(O[C@H]5CC(O[C@H]6CC(O)[C@H](O)C(C)O6)[C@H](O)C(C)O5)c(C)c(O)c4c3O)C[C@H]2[C@H](OC)C(=O)[C@@H](O)[C@@H](C)O)OC(C)[C@H]1O)O[C@H]1C[C@](C)(O)[C@H](O)C(C)O1. The molecule has 1 aliphatic carbocycles. The Hall–Kier alpha value is -3.32. The molecule has 0 saturated carbocycles. The number of ketones is 2. The first-order valence-corrected chi connectivity index (χ1v) is 26.0. The Morgan fingerprint density at radius 1 is 0.789 bits per heavy atom. The van der Waals surface area contributed by atoms with Gasteiger partial charge in [-0.15, -0.1) is 0 Å². The number of benzene rings is 2. The first-order valence-electron chi connectivity index (χ1n) is 26.0. The second-order valence-corrected chi connectivity index (χ2v) is 21.4. The van der Waals surface area contributed by atoms with E-state index in [1.165, 1.54) is 39.8 Å². The van der Waals surface area contributed by atoms with Crippen LogP contribution in [0.4, 0.5) is 0 Å². The van der Waals surface area contributed by atoms with Crippen molar-refractivity contribution >= 4 is 22.3 Å². The topological polar surface area (TPSA) is 369 Å². The van der Waals surface area contributed by atoms with Gasteiger partial charge in [-0.25, -0.2) is 0 Å². The van der Waals surface area contributed by atoms with E-state index in [9.17, 15) is 70.9 Å². The van der Waals surface area contributed by atoms with Crippen molar-refractivity contribution in [2.24, 2.45) is 5.92 Å². The third-order valence-electron chi connectivity index (χ3n) is 15.5. The van der Waals surface area contributed by atoms with Crippen LogP contribution < -0.4 is 4.74 Å². The quantitative estimate of drug-likeness (QED) is 0.0806. The third-order valence-corrected chi connectivity index (χ3v) is 15.5. The third kappa shape index (κ3) is 12.8. The zero-order chi connectivity index (χ0) is 56.0. The Kier molecular flexibility index (Phi) is 19.5. The fourth-order valence-corrected chi connectivity index (χ4v) is 10.9. The van der Waals surface area contributed by atoms with Crippen LogP contribution in [0.25, 0.3) is 10.8 Å². The molecule has 2 aromatic rings. The summed E-state index contributed by atoms with van der Waals surface area (Å²) in [4.78, 5) is 28.8. The molecule has 4 aliphatic heterocycles. The number of hydrogen-bond donors (Lipinski definition) is 12. The molecule has 24 nitrogen and oxygen atoms in total. The van der Waals surface area contributed by atoms with Crippen molar-refractivity contribution in [3.63, 3.8) is 0 Å². The highest BCUT2D eigenvalue weighted by Crippen LogP contribution is 2.47. The second kappa shape index (κ2) is 24.6. The summed E-state index contributed by atoms with van der Waals surface area (Å²) in [5.41, 5.74) is -1.58. The van der Waals surface area contributed by atoms with Crippen LogP contribution in [0.3, 0.4) is 0 Å². The molecule has 6 unspecified atom stereocenters. The van der Waals surface area contributed by atoms with Gasteiger partial charge in [0.25, 0.3) is 0 Å². The highest BCUT2D eigenvalue weighted by molar-refractivity contribution is 6.11. The predicted octanol–water partition coefficient (Wildman–Crippen LogP) is -0.266. The standard InChI is InChI=1S/C52H78O24/c1-10-28(54)31(74-38-18-52(8,66)51(65)24(7)71-38)15-34(56)72-32-16-37(70-22(5)44(32)60)76-50-27(49(67-9)48(64)42(58)20(3)53)12-25-11-26-13-30(19(2)41(57)39(26)46(62)40(25)47(50)63)73-36-17-33(45(61)23(6)69-36)75-35-14-29(55)43(59)21(4)68-35/h11,13,20-24,27-29,31-38,42-45,49-51,53-62,65-66H,10,12,14-18H2,1-9H3/t20-,21?,22?,23?,24?,27+,28+,29?,31+,32-,33?,34+,35+,36+,37+,38+,42+,43-,44-,45-,49+,50+,51-,52+/m1/s1. The van der Waals surface area contributed by atoms with Gasteiger partial charge in [0.2, 0.25) is 6.29 Å². The summed E-state index contributed by atoms with van der Waals surface area (Å²) >= 11 is 0. The van der Waals surface area contributed by atoms with Crippen LogP contribution >= 0.6 is 0 Å². The van der Waals surface area contributed by atoms with Gasteiger partial charge < -0.3 is 109 Å². The van der Waals surface area contributed by atoms with Gasteiger partial charge in [-0.2, -0.15) is 0 Å². The van der Waals surface area contributed by atoms with Crippen LogP contribution in [-0.4, -0.2) is 221 Å². The van der Waals surface area contributed by atoms with Gasteiger partial charge >= 0.3 is 0 Å². The van der Waals surface area contributed by atoms with Crippen LogP contribution in [0.5, 0.6) is 17.2 Å². The average molecular weight is 1090 g/mol. The van der Waals surface area contributed by atoms with E-state index in [0.717, 1.165) is 7.11 Å². The molecule has 0 radical (unpaired) electrons. The summed E-state index contributed by atoms with van der Waals surface area (Å²) in [6, 6.07) is 3.00. The molecular weight excluding hydrogens is 1010 g/mol. The Bertz CT molecular complexity index is 2300. The molecule has 0 spiro atoms. The van der Waals surface area contributed by atoms with Crippen molar-refractivity contribution in [2.75, 3.05) is 7.11 Å². The predicted molar refractivity (Wildman–Crippen MR) is 261 cm³/mol. The number of carbonyl (C=O) groups excluding carboxylic acids is 2. The molecule has 0 bridgehead atoms. The normalized spacial score (nSPS) is 38.7. The molecule has 4 saturated heterocycles. The van der Waals surface area contributed by atoms with Gasteiger partial charge in [-0.1, -0.05) is 6.92 Å². The molecule has 0 aromatic heterocycles. The van der Waals surface area contributed by atoms with E-state index in [4.69, 9.17) is 47.4 Å². The van der Waals surface area contributed by atoms with Crippen molar-refractivity contribution < 1.29 is 118 Å². The van der Waals surface area contributed by atoms with Crippen molar-refractivity contribution in [1.29, 1.82) is 0 Å². The monoisotopic (exact) mass is 1090 g/mol. The zero-order valence-corrected chi connectivity index (χ0v) is 44.1. The number of hydrogen-bond acceptors (Lipinski definition) is 24. The van der Waals surface area contributed by atoms with E-state index in [2.05, 4.69) is 0 Å². The second-order valence-electron chi connectivity index (χ2n) is 21.4. The molecule has 0 amide bonds. The summed E-state index contributed by atoms with van der Waals surface area (Å²) in [5, 5.41) is 131. The van der Waals surface area contributed by atoms with Gasteiger partial charge in [0, 0.05) is 50.7 Å². The van der Waals surface area contributed by atoms with Gasteiger partial charge in [0.05, 0.1) is 77.6 Å². The maximum Gasteiger partial charge on any atom is 0.202 e. The lowest BCUT2D eigenvalue weighted by Gasteiger charge is -2.43. The number of ether oxygens (including phenoxy) is 10. The lowest BCUT2D eigenvalue weighted by atomic mass is 9.75. The van der Waals surface area contributed by atoms with Crippen LogP contribution in [-0.2, 0) is 53.8 Å². The average Bonchev–Trinajstić information content (AvgIpc) is 3.34. The molecule has 7 rings (SSSR count). The molecule has 24 atom stereocenters. The van der Waals surface area contributed by atoms with Crippen LogP contribution in [0, 0.1) is 12.8 Å². The number of rotatable bonds is 19. The highest BCUT2D eigenvalue weighted by Gasteiger charge is 2.51. The molecule has 430 valence electrons. The first kappa shape index (κ1) is 60.3. The number of methoxy groups -OCH3 is 1. The fourth-order valence-electron chi connectivity index (χ4n) is 10.9. The van der Waals surface area contributed by atoms with Crippen molar-refractivity contribution in [3.8, 4) is 17.2 Å². The molecule has 4 fully saturated rings. The minimum Gasteiger partial charge on any atom is -0.507 e. The summed E-state index contributed by atoms with van der Waals surface area (Å²) in [7, 11) is 1.16. The molecule has 76 heavy (non-hydrogen) atoms. The Labute approximate surface area is 439 Å². The number of aromatic hydroxyl groups is 2. The number of aliphatic hydroxyl groups excluding tert-OH is 9. The first-order chi connectivity index (χ1) is 35.6. The summed E-state index contributed by atoms with van der Waals surface area (Å²) < 4.78 is 59.8. The number of Topliss-reactive ketones (excluding diaryl/α,β-unsaturated/α-hetero) is 2. The summed E-state index contributed by atoms with van der Waals surface area (Å²) in [5.74, 6) is -4.20. The molecule has 12 N–H and O–H groups in total. The summed E-state index contributed by atoms with van der Waals surface area (Å²) in [6.07, 6.45) is -27.9. The maximum absolute atomic E-state index is 15.0. The van der Waals surface area contributed by atoms with E-state index in [1.54, 1.807) is 27.7 Å². The minimum atomic E-state index is -1.96. The van der Waals surface area contributed by atoms with E-state index in [1.807, 2.05) is 0 Å². The summed E-state index contributed by atoms with van der Waals surface area (Å²) in [6.45, 7) is 12.0. The van der Waals surface area contributed by atoms with Gasteiger partial charge in [0.15, 0.2) is 36.7 Å². The Morgan fingerprint density at radius 3 is 1.99 bits per heavy atom. The molecule has 4 heterocycles. The van der Waals surface area contributed by atoms with E-state index in [0.29, 0.717) is 0 Å². The van der Waals surface area contributed by atoms with Gasteiger partial charge in [-0.3, -0.25) is 9.59 Å². The number of carbonyl (C=O) groups is 2. The fraction of sp³-hybridized carbons (Fsp3) is 0.769. The van der Waals surface area contributed by atoms with Crippen LogP contribution in [0.15, 0.2) is 12.1 Å².